The third kappa shape index (κ3) is 5.08. The summed E-state index contributed by atoms with van der Waals surface area (Å²) in [6, 6.07) is 62.8. The Hall–Kier alpha value is -7.83. The molecule has 0 N–H and O–H groups in total. The van der Waals surface area contributed by atoms with Crippen LogP contribution in [0.25, 0.3) is 117 Å². The maximum absolute atomic E-state index is 6.45. The van der Waals surface area contributed by atoms with E-state index in [-0.39, 0.29) is 0 Å². The third-order valence-electron chi connectivity index (χ3n) is 11.1. The molecule has 0 saturated heterocycles. The number of aromatic nitrogens is 4. The van der Waals surface area contributed by atoms with Crippen molar-refractivity contribution < 1.29 is 8.83 Å². The van der Waals surface area contributed by atoms with Gasteiger partial charge in [-0.1, -0.05) is 121 Å². The molecule has 0 atom stereocenters. The van der Waals surface area contributed by atoms with E-state index in [4.69, 9.17) is 23.8 Å². The van der Waals surface area contributed by atoms with Crippen LogP contribution in [-0.2, 0) is 0 Å². The largest absolute Gasteiger partial charge is 0.456 e. The average Bonchev–Trinajstić information content (AvgIpc) is 3.94. The fourth-order valence-corrected chi connectivity index (χ4v) is 8.30. The predicted octanol–water partition coefficient (Wildman–Crippen LogP) is 13.4. The van der Waals surface area contributed by atoms with Gasteiger partial charge in [0.15, 0.2) is 17.5 Å². The first-order valence-electron chi connectivity index (χ1n) is 19.0. The van der Waals surface area contributed by atoms with E-state index in [0.29, 0.717) is 17.5 Å². The van der Waals surface area contributed by atoms with Crippen LogP contribution in [0.4, 0.5) is 0 Å². The van der Waals surface area contributed by atoms with Crippen LogP contribution in [0.15, 0.2) is 191 Å². The van der Waals surface area contributed by atoms with Gasteiger partial charge in [-0.25, -0.2) is 15.0 Å². The highest BCUT2D eigenvalue weighted by Gasteiger charge is 2.18. The Morgan fingerprint density at radius 2 is 0.842 bits per heavy atom. The summed E-state index contributed by atoms with van der Waals surface area (Å²) >= 11 is 0. The maximum Gasteiger partial charge on any atom is 0.164 e. The van der Waals surface area contributed by atoms with E-state index >= 15 is 0 Å². The van der Waals surface area contributed by atoms with Crippen LogP contribution in [-0.4, -0.2) is 19.5 Å². The summed E-state index contributed by atoms with van der Waals surface area (Å²) in [5.74, 6) is 1.85. The molecule has 0 aliphatic rings. The van der Waals surface area contributed by atoms with E-state index < -0.39 is 0 Å². The zero-order valence-corrected chi connectivity index (χ0v) is 30.4. The lowest BCUT2D eigenvalue weighted by atomic mass is 10.0. The van der Waals surface area contributed by atoms with Crippen LogP contribution in [0.5, 0.6) is 0 Å². The Morgan fingerprint density at radius 1 is 0.298 bits per heavy atom. The highest BCUT2D eigenvalue weighted by molar-refractivity contribution is 6.17. The Labute approximate surface area is 325 Å². The number of hydrogen-bond acceptors (Lipinski definition) is 5. The molecule has 0 bridgehead atoms. The molecule has 4 aromatic heterocycles. The molecule has 0 fully saturated rings. The summed E-state index contributed by atoms with van der Waals surface area (Å²) in [5.41, 5.74) is 11.7. The molecule has 0 radical (unpaired) electrons. The van der Waals surface area contributed by atoms with Crippen molar-refractivity contribution in [2.75, 3.05) is 0 Å². The van der Waals surface area contributed by atoms with Crippen molar-refractivity contribution in [2.24, 2.45) is 0 Å². The summed E-state index contributed by atoms with van der Waals surface area (Å²) in [7, 11) is 0. The Kier molecular flexibility index (Phi) is 6.83. The van der Waals surface area contributed by atoms with Gasteiger partial charge in [-0.05, 0) is 65.7 Å². The smallest absolute Gasteiger partial charge is 0.164 e. The molecule has 6 heteroatoms. The number of benzene rings is 8. The van der Waals surface area contributed by atoms with Gasteiger partial charge in [-0.3, -0.25) is 0 Å². The van der Waals surface area contributed by atoms with Crippen molar-refractivity contribution in [2.45, 2.75) is 0 Å². The summed E-state index contributed by atoms with van der Waals surface area (Å²) in [6.07, 6.45) is 0. The van der Waals surface area contributed by atoms with Crippen molar-refractivity contribution in [1.82, 2.24) is 19.5 Å². The molecule has 266 valence electrons. The third-order valence-corrected chi connectivity index (χ3v) is 11.1. The topological polar surface area (TPSA) is 69.9 Å². The van der Waals surface area contributed by atoms with Crippen molar-refractivity contribution in [3.8, 4) is 51.0 Å². The standard InChI is InChI=1S/C51H30N4O2/c1-3-11-32(12-4-1)49-52-50(33-13-5-2-6-14-33)54-51(53-49)35-21-25-39-41-27-34(22-26-46(41)57-47(39)28-35)31-19-23-36(24-20-31)55-43-17-9-7-15-37(43)40-29-42-38-16-8-10-18-45(38)56-48(42)30-44(40)55/h1-30H. The number of hydrogen-bond donors (Lipinski definition) is 0. The van der Waals surface area contributed by atoms with Gasteiger partial charge in [0, 0.05) is 60.8 Å². The lowest BCUT2D eigenvalue weighted by Gasteiger charge is -2.09. The van der Waals surface area contributed by atoms with Crippen molar-refractivity contribution in [3.05, 3.63) is 182 Å². The van der Waals surface area contributed by atoms with Crippen LogP contribution in [0.3, 0.4) is 0 Å². The predicted molar refractivity (Wildman–Crippen MR) is 230 cm³/mol. The van der Waals surface area contributed by atoms with Gasteiger partial charge in [0.25, 0.3) is 0 Å². The molecule has 8 aromatic carbocycles. The highest BCUT2D eigenvalue weighted by atomic mass is 16.3. The van der Waals surface area contributed by atoms with Gasteiger partial charge in [0.05, 0.1) is 11.0 Å². The molecule has 0 spiro atoms. The molecule has 0 saturated carbocycles. The summed E-state index contributed by atoms with van der Waals surface area (Å²) < 4.78 is 15.1. The van der Waals surface area contributed by atoms with Crippen LogP contribution >= 0.6 is 0 Å². The minimum atomic E-state index is 0.594. The Morgan fingerprint density at radius 3 is 1.58 bits per heavy atom. The maximum atomic E-state index is 6.45. The molecular formula is C51H30N4O2. The summed E-state index contributed by atoms with van der Waals surface area (Å²) in [5, 5.41) is 6.78. The van der Waals surface area contributed by atoms with E-state index in [1.54, 1.807) is 0 Å². The summed E-state index contributed by atoms with van der Waals surface area (Å²) in [6.45, 7) is 0. The number of nitrogens with zero attached hydrogens (tertiary/aromatic N) is 4. The molecule has 12 rings (SSSR count). The molecule has 57 heavy (non-hydrogen) atoms. The molecule has 0 aliphatic heterocycles. The lowest BCUT2D eigenvalue weighted by molar-refractivity contribution is 0.669. The number of para-hydroxylation sites is 2. The first kappa shape index (κ1) is 31.5. The quantitative estimate of drug-likeness (QED) is 0.176. The zero-order valence-electron chi connectivity index (χ0n) is 30.4. The van der Waals surface area contributed by atoms with Crippen LogP contribution in [0.1, 0.15) is 0 Å². The normalized spacial score (nSPS) is 11.9. The van der Waals surface area contributed by atoms with Crippen LogP contribution < -0.4 is 0 Å². The minimum absolute atomic E-state index is 0.594. The van der Waals surface area contributed by atoms with E-state index in [0.717, 1.165) is 88.4 Å². The first-order valence-corrected chi connectivity index (χ1v) is 19.0. The number of rotatable bonds is 5. The van der Waals surface area contributed by atoms with Crippen molar-refractivity contribution in [1.29, 1.82) is 0 Å². The molecule has 0 amide bonds. The van der Waals surface area contributed by atoms with Crippen LogP contribution in [0.2, 0.25) is 0 Å². The average molecular weight is 731 g/mol. The number of furan rings is 2. The monoisotopic (exact) mass is 730 g/mol. The molecule has 0 aliphatic carbocycles. The Balaban J connectivity index is 0.923. The van der Waals surface area contributed by atoms with Gasteiger partial charge in [0.2, 0.25) is 0 Å². The van der Waals surface area contributed by atoms with Gasteiger partial charge < -0.3 is 13.4 Å². The fraction of sp³-hybridized carbons (Fsp3) is 0. The molecule has 4 heterocycles. The van der Waals surface area contributed by atoms with Gasteiger partial charge in [0.1, 0.15) is 22.3 Å². The first-order chi connectivity index (χ1) is 28.2. The van der Waals surface area contributed by atoms with Gasteiger partial charge in [-0.15, -0.1) is 0 Å². The van der Waals surface area contributed by atoms with E-state index in [2.05, 4.69) is 108 Å². The molecule has 6 nitrogen and oxygen atoms in total. The SMILES string of the molecule is c1ccc(-c2nc(-c3ccccc3)nc(-c3ccc4c(c3)oc3ccc(-c5ccc(-n6c7ccccc7c7cc8c(cc76)oc6ccccc68)cc5)cc34)n2)cc1. The summed E-state index contributed by atoms with van der Waals surface area (Å²) in [4.78, 5) is 14.7. The van der Waals surface area contributed by atoms with E-state index in [1.807, 2.05) is 78.9 Å². The molecule has 12 aromatic rings. The second-order valence-electron chi connectivity index (χ2n) is 14.4. The van der Waals surface area contributed by atoms with Gasteiger partial charge >= 0.3 is 0 Å². The highest BCUT2D eigenvalue weighted by Crippen LogP contribution is 2.39. The van der Waals surface area contributed by atoms with E-state index in [1.165, 1.54) is 10.8 Å². The minimum Gasteiger partial charge on any atom is -0.456 e. The zero-order chi connectivity index (χ0) is 37.5. The second-order valence-corrected chi connectivity index (χ2v) is 14.4. The van der Waals surface area contributed by atoms with Gasteiger partial charge in [-0.2, -0.15) is 0 Å². The van der Waals surface area contributed by atoms with Crippen LogP contribution in [0, 0.1) is 0 Å². The molecular weight excluding hydrogens is 701 g/mol. The number of fused-ring (bicyclic) bond motifs is 9. The van der Waals surface area contributed by atoms with E-state index in [9.17, 15) is 0 Å². The fourth-order valence-electron chi connectivity index (χ4n) is 8.30. The van der Waals surface area contributed by atoms with Crippen molar-refractivity contribution in [3.63, 3.8) is 0 Å². The molecule has 0 unspecified atom stereocenters. The van der Waals surface area contributed by atoms with Crippen molar-refractivity contribution >= 4 is 65.7 Å². The lowest BCUT2D eigenvalue weighted by Crippen LogP contribution is -2.00. The second kappa shape index (κ2) is 12.3. The Bertz CT molecular complexity index is 3450.